The zero-order valence-corrected chi connectivity index (χ0v) is 33.1. The Hall–Kier alpha value is -6.78. The molecule has 3 aromatic heterocycles. The van der Waals surface area contributed by atoms with Crippen molar-refractivity contribution in [3.8, 4) is 27.9 Å². The predicted octanol–water partition coefficient (Wildman–Crippen LogP) is 12.3. The van der Waals surface area contributed by atoms with Crippen LogP contribution in [0.2, 0.25) is 0 Å². The summed E-state index contributed by atoms with van der Waals surface area (Å²) in [6.07, 6.45) is 0. The minimum absolute atomic E-state index is 0.0558. The van der Waals surface area contributed by atoms with Gasteiger partial charge in [0.2, 0.25) is 6.71 Å². The minimum Gasteiger partial charge on any atom is -0.455 e. The van der Waals surface area contributed by atoms with Gasteiger partial charge < -0.3 is 13.4 Å². The molecule has 5 heterocycles. The second-order valence-electron chi connectivity index (χ2n) is 17.3. The molecule has 0 N–H and O–H groups in total. The fourth-order valence-electron chi connectivity index (χ4n) is 11.6. The molecule has 0 amide bonds. The Morgan fingerprint density at radius 2 is 1.10 bits per heavy atom. The summed E-state index contributed by atoms with van der Waals surface area (Å²) in [5, 5.41) is 6.95. The van der Waals surface area contributed by atoms with Crippen LogP contribution in [-0.2, 0) is 5.41 Å². The van der Waals surface area contributed by atoms with E-state index in [-0.39, 0.29) is 12.1 Å². The molecule has 274 valence electrons. The zero-order chi connectivity index (χ0) is 38.8. The largest absolute Gasteiger partial charge is 0.455 e. The lowest BCUT2D eigenvalue weighted by Gasteiger charge is -2.41. The molecule has 2 aliphatic heterocycles. The first-order valence-corrected chi connectivity index (χ1v) is 20.5. The van der Waals surface area contributed by atoms with E-state index in [1.165, 1.54) is 88.2 Å². The number of aryl methyl sites for hydroxylation is 3. The maximum absolute atomic E-state index is 7.26. The molecule has 0 radical (unpaired) electrons. The molecule has 13 rings (SSSR count). The lowest BCUT2D eigenvalue weighted by molar-refractivity contribution is 0.632. The van der Waals surface area contributed by atoms with E-state index < -0.39 is 0 Å². The summed E-state index contributed by atoms with van der Waals surface area (Å²) < 4.78 is 17.2. The first-order valence-electron chi connectivity index (χ1n) is 20.5. The van der Waals surface area contributed by atoms with Gasteiger partial charge in [-0.15, -0.1) is 0 Å². The number of benzene rings is 8. The van der Waals surface area contributed by atoms with Crippen LogP contribution in [0.15, 0.2) is 148 Å². The summed E-state index contributed by atoms with van der Waals surface area (Å²) in [7, 11) is 0. The molecule has 0 unspecified atom stereocenters. The molecule has 0 atom stereocenters. The summed E-state index contributed by atoms with van der Waals surface area (Å²) in [5.41, 5.74) is 22.4. The van der Waals surface area contributed by atoms with E-state index >= 15 is 0 Å². The molecule has 2 aliphatic rings. The van der Waals surface area contributed by atoms with Crippen LogP contribution < -0.4 is 16.4 Å². The molecular formula is C54H38BNO2. The molecule has 0 bridgehead atoms. The zero-order valence-electron chi connectivity index (χ0n) is 33.1. The van der Waals surface area contributed by atoms with Gasteiger partial charge in [-0.3, -0.25) is 0 Å². The molecule has 0 saturated heterocycles. The van der Waals surface area contributed by atoms with Gasteiger partial charge in [-0.1, -0.05) is 163 Å². The van der Waals surface area contributed by atoms with Crippen molar-refractivity contribution in [2.75, 3.05) is 0 Å². The van der Waals surface area contributed by atoms with Gasteiger partial charge >= 0.3 is 0 Å². The number of nitrogens with zero attached hydrogens (tertiary/aromatic N) is 1. The van der Waals surface area contributed by atoms with Crippen LogP contribution in [0, 0.1) is 20.8 Å². The lowest BCUT2D eigenvalue weighted by Crippen LogP contribution is -2.59. The summed E-state index contributed by atoms with van der Waals surface area (Å²) in [6, 6.07) is 51.1. The normalized spacial score (nSPS) is 14.1. The van der Waals surface area contributed by atoms with E-state index in [1.54, 1.807) is 0 Å². The number of hydrogen-bond acceptors (Lipinski definition) is 2. The van der Waals surface area contributed by atoms with Crippen molar-refractivity contribution in [3.63, 3.8) is 0 Å². The van der Waals surface area contributed by atoms with E-state index in [9.17, 15) is 0 Å². The fourth-order valence-corrected chi connectivity index (χ4v) is 11.6. The lowest BCUT2D eigenvalue weighted by atomic mass is 9.33. The Labute approximate surface area is 336 Å². The van der Waals surface area contributed by atoms with Gasteiger partial charge in [0.25, 0.3) is 0 Å². The maximum atomic E-state index is 7.26. The average Bonchev–Trinajstić information content (AvgIpc) is 3.91. The second kappa shape index (κ2) is 11.0. The van der Waals surface area contributed by atoms with Crippen LogP contribution in [0.5, 0.6) is 0 Å². The van der Waals surface area contributed by atoms with E-state index in [2.05, 4.69) is 179 Å². The van der Waals surface area contributed by atoms with Crippen molar-refractivity contribution in [3.05, 3.63) is 167 Å². The highest BCUT2D eigenvalue weighted by atomic mass is 16.3. The monoisotopic (exact) mass is 743 g/mol. The van der Waals surface area contributed by atoms with E-state index in [1.807, 2.05) is 0 Å². The summed E-state index contributed by atoms with van der Waals surface area (Å²) >= 11 is 0. The minimum atomic E-state index is -0.370. The topological polar surface area (TPSA) is 31.2 Å². The van der Waals surface area contributed by atoms with Crippen molar-refractivity contribution in [2.24, 2.45) is 0 Å². The summed E-state index contributed by atoms with van der Waals surface area (Å²) in [6.45, 7) is 11.7. The van der Waals surface area contributed by atoms with Crippen molar-refractivity contribution in [2.45, 2.75) is 40.0 Å². The highest BCUT2D eigenvalue weighted by Gasteiger charge is 2.47. The first-order chi connectivity index (χ1) is 28.3. The van der Waals surface area contributed by atoms with E-state index in [4.69, 9.17) is 8.83 Å². The maximum Gasteiger partial charge on any atom is 0.248 e. The summed E-state index contributed by atoms with van der Waals surface area (Å²) in [5.74, 6) is 0. The molecule has 58 heavy (non-hydrogen) atoms. The van der Waals surface area contributed by atoms with Gasteiger partial charge in [-0.2, -0.15) is 0 Å². The van der Waals surface area contributed by atoms with Crippen molar-refractivity contribution in [1.82, 2.24) is 4.57 Å². The van der Waals surface area contributed by atoms with Crippen LogP contribution in [0.25, 0.3) is 93.6 Å². The van der Waals surface area contributed by atoms with Gasteiger partial charge in [0, 0.05) is 43.6 Å². The van der Waals surface area contributed by atoms with Gasteiger partial charge in [0.15, 0.2) is 0 Å². The Morgan fingerprint density at radius 1 is 0.517 bits per heavy atom. The molecule has 8 aromatic carbocycles. The molecular weight excluding hydrogens is 705 g/mol. The molecule has 0 saturated carbocycles. The number of fused-ring (bicyclic) bond motifs is 9. The molecule has 0 fully saturated rings. The van der Waals surface area contributed by atoms with E-state index in [0.29, 0.717) is 0 Å². The Balaban J connectivity index is 1.42. The Bertz CT molecular complexity index is 3600. The Morgan fingerprint density at radius 3 is 1.78 bits per heavy atom. The van der Waals surface area contributed by atoms with Crippen LogP contribution in [0.4, 0.5) is 0 Å². The molecule has 0 spiro atoms. The van der Waals surface area contributed by atoms with Gasteiger partial charge in [0.1, 0.15) is 22.3 Å². The quantitative estimate of drug-likeness (QED) is 0.169. The predicted molar refractivity (Wildman–Crippen MR) is 244 cm³/mol. The second-order valence-corrected chi connectivity index (χ2v) is 17.3. The van der Waals surface area contributed by atoms with Crippen molar-refractivity contribution in [1.29, 1.82) is 0 Å². The third kappa shape index (κ3) is 3.82. The number of rotatable bonds is 3. The van der Waals surface area contributed by atoms with Gasteiger partial charge in [-0.25, -0.2) is 0 Å². The summed E-state index contributed by atoms with van der Waals surface area (Å²) in [4.78, 5) is 0. The fraction of sp³-hybridized carbons (Fsp3) is 0.111. The number of aromatic nitrogens is 1. The highest BCUT2D eigenvalue weighted by Crippen LogP contribution is 2.58. The van der Waals surface area contributed by atoms with Crippen molar-refractivity contribution >= 4 is 88.8 Å². The average molecular weight is 744 g/mol. The SMILES string of the molecule is Cc1cc(C)c(B2c3cccc4c3-n3c5c(c(-c6ccccc6)c6c7ccccc7oc6c5c5c6c(oc7ccccc76)c(-c6ccccc6)c2c53)C4(C)C)c(C)c1. The number of hydrogen-bond donors (Lipinski definition) is 0. The molecule has 4 heteroatoms. The van der Waals surface area contributed by atoms with Crippen LogP contribution in [0.3, 0.4) is 0 Å². The van der Waals surface area contributed by atoms with Gasteiger partial charge in [-0.05, 0) is 71.6 Å². The highest BCUT2D eigenvalue weighted by molar-refractivity contribution is 6.99. The number of furan rings is 2. The third-order valence-corrected chi connectivity index (χ3v) is 13.7. The van der Waals surface area contributed by atoms with Crippen LogP contribution in [0.1, 0.15) is 41.7 Å². The molecule has 11 aromatic rings. The van der Waals surface area contributed by atoms with E-state index in [0.717, 1.165) is 49.6 Å². The third-order valence-electron chi connectivity index (χ3n) is 13.7. The number of para-hydroxylation sites is 3. The molecule has 0 aliphatic carbocycles. The standard InChI is InChI=1S/C54H38BNO2/c1-29-27-30(2)47(31(3)28-29)55-37-24-16-23-36-49(37)56-50-45(44-43-35-22-13-15-26-39(35)57-52(43)41(48(55)51(44)56)33-19-10-7-11-20-33)53-42(34-21-12-14-25-38(34)58-53)40(46(50)54(36,4)5)32-17-8-6-9-18-32/h6-28H,1-5H3. The molecule has 3 nitrogen and oxygen atoms in total. The van der Waals surface area contributed by atoms with Crippen LogP contribution >= 0.6 is 0 Å². The smallest absolute Gasteiger partial charge is 0.248 e. The Kier molecular flexibility index (Phi) is 6.13. The van der Waals surface area contributed by atoms with Crippen molar-refractivity contribution < 1.29 is 8.83 Å². The van der Waals surface area contributed by atoms with Gasteiger partial charge in [0.05, 0.1) is 16.4 Å². The van der Waals surface area contributed by atoms with Crippen LogP contribution in [-0.4, -0.2) is 11.3 Å². The first kappa shape index (κ1) is 32.3.